The zero-order valence-electron chi connectivity index (χ0n) is 15.6. The van der Waals surface area contributed by atoms with Gasteiger partial charge in [-0.15, -0.1) is 0 Å². The molecule has 3 rings (SSSR count). The minimum atomic E-state index is -1.49. The number of benzene rings is 2. The van der Waals surface area contributed by atoms with Crippen molar-refractivity contribution < 1.29 is 44.7 Å². The van der Waals surface area contributed by atoms with Crippen LogP contribution in [-0.4, -0.2) is 49.2 Å². The number of aromatic carboxylic acids is 2. The normalized spacial score (nSPS) is 14.7. The molecule has 5 N–H and O–H groups in total. The highest BCUT2D eigenvalue weighted by Crippen LogP contribution is 2.38. The zero-order chi connectivity index (χ0) is 22.9. The van der Waals surface area contributed by atoms with Gasteiger partial charge in [0.15, 0.2) is 5.78 Å². The van der Waals surface area contributed by atoms with Crippen LogP contribution in [-0.2, 0) is 9.59 Å². The lowest BCUT2D eigenvalue weighted by Crippen LogP contribution is -2.13. The molecule has 0 heterocycles. The van der Waals surface area contributed by atoms with Crippen LogP contribution >= 0.6 is 0 Å². The van der Waals surface area contributed by atoms with Gasteiger partial charge >= 0.3 is 17.9 Å². The number of aliphatic carboxylic acids is 1. The van der Waals surface area contributed by atoms with E-state index in [9.17, 15) is 44.7 Å². The fourth-order valence-corrected chi connectivity index (χ4v) is 3.11. The molecule has 9 heteroatoms. The highest BCUT2D eigenvalue weighted by atomic mass is 16.4. The highest BCUT2D eigenvalue weighted by molar-refractivity contribution is 6.23. The monoisotopic (exact) mass is 422 g/mol. The number of aromatic hydroxyl groups is 2. The molecule has 0 amide bonds. The van der Waals surface area contributed by atoms with Crippen LogP contribution < -0.4 is 0 Å². The number of carbonyl (C=O) groups excluding carboxylic acids is 1. The summed E-state index contributed by atoms with van der Waals surface area (Å²) in [6.07, 6.45) is 3.31. The Kier molecular flexibility index (Phi) is 5.43. The van der Waals surface area contributed by atoms with Gasteiger partial charge in [-0.2, -0.15) is 0 Å². The van der Waals surface area contributed by atoms with E-state index in [1.165, 1.54) is 24.3 Å². The average Bonchev–Trinajstić information content (AvgIpc) is 2.71. The highest BCUT2D eigenvalue weighted by Gasteiger charge is 2.24. The van der Waals surface area contributed by atoms with Gasteiger partial charge in [0.25, 0.3) is 0 Å². The Morgan fingerprint density at radius 1 is 0.742 bits per heavy atom. The molecule has 0 saturated heterocycles. The Labute approximate surface area is 174 Å². The first-order valence-corrected chi connectivity index (χ1v) is 8.65. The van der Waals surface area contributed by atoms with Gasteiger partial charge in [-0.1, -0.05) is 24.3 Å². The summed E-state index contributed by atoms with van der Waals surface area (Å²) < 4.78 is 0. The Balaban J connectivity index is 2.41. The van der Waals surface area contributed by atoms with E-state index in [-0.39, 0.29) is 22.3 Å². The van der Waals surface area contributed by atoms with Crippen LogP contribution in [0, 0.1) is 0 Å². The van der Waals surface area contributed by atoms with E-state index in [1.54, 1.807) is 0 Å². The number of phenols is 2. The second kappa shape index (κ2) is 7.99. The van der Waals surface area contributed by atoms with Gasteiger partial charge in [-0.05, 0) is 47.1 Å². The van der Waals surface area contributed by atoms with E-state index in [2.05, 4.69) is 0 Å². The van der Waals surface area contributed by atoms with E-state index in [0.29, 0.717) is 0 Å². The van der Waals surface area contributed by atoms with Gasteiger partial charge in [0.1, 0.15) is 28.2 Å². The van der Waals surface area contributed by atoms with Crippen LogP contribution in [0.15, 0.2) is 65.8 Å². The van der Waals surface area contributed by atoms with Gasteiger partial charge in [0.2, 0.25) is 0 Å². The van der Waals surface area contributed by atoms with Crippen LogP contribution in [0.3, 0.4) is 0 Å². The SMILES string of the molecule is O=C(O)C1=C/C(=C(/c2ccc(O)c(C(=O)O)c2)c2cccc(C(=O)O)c2O)C=CC1=O. The molecular weight excluding hydrogens is 408 g/mol. The second-order valence-corrected chi connectivity index (χ2v) is 6.44. The molecule has 0 aromatic heterocycles. The number of hydrogen-bond donors (Lipinski definition) is 5. The van der Waals surface area contributed by atoms with Crippen molar-refractivity contribution in [1.82, 2.24) is 0 Å². The second-order valence-electron chi connectivity index (χ2n) is 6.44. The lowest BCUT2D eigenvalue weighted by Gasteiger charge is -2.17. The van der Waals surface area contributed by atoms with E-state index < -0.39 is 51.9 Å². The molecule has 0 fully saturated rings. The number of carbonyl (C=O) groups is 4. The summed E-state index contributed by atoms with van der Waals surface area (Å²) in [5.41, 5.74) is -1.22. The van der Waals surface area contributed by atoms with Gasteiger partial charge in [0.05, 0.1) is 0 Å². The molecule has 1 aliphatic carbocycles. The van der Waals surface area contributed by atoms with Crippen molar-refractivity contribution in [1.29, 1.82) is 0 Å². The third kappa shape index (κ3) is 3.92. The van der Waals surface area contributed by atoms with Crippen molar-refractivity contribution >= 4 is 29.3 Å². The third-order valence-electron chi connectivity index (χ3n) is 4.55. The molecule has 0 aliphatic heterocycles. The Bertz CT molecular complexity index is 1250. The summed E-state index contributed by atoms with van der Waals surface area (Å²) in [6.45, 7) is 0. The zero-order valence-corrected chi connectivity index (χ0v) is 15.6. The maximum Gasteiger partial charge on any atom is 0.339 e. The fourth-order valence-electron chi connectivity index (χ4n) is 3.11. The number of para-hydroxylation sites is 1. The first kappa shape index (κ1) is 21.1. The van der Waals surface area contributed by atoms with Crippen molar-refractivity contribution in [3.63, 3.8) is 0 Å². The van der Waals surface area contributed by atoms with Crippen LogP contribution in [0.4, 0.5) is 0 Å². The molecule has 9 nitrogen and oxygen atoms in total. The molecule has 31 heavy (non-hydrogen) atoms. The molecule has 2 aromatic rings. The molecule has 156 valence electrons. The smallest absolute Gasteiger partial charge is 0.339 e. The first-order chi connectivity index (χ1) is 14.6. The molecule has 0 spiro atoms. The van der Waals surface area contributed by atoms with Crippen molar-refractivity contribution in [2.45, 2.75) is 0 Å². The molecule has 0 unspecified atom stereocenters. The lowest BCUT2D eigenvalue weighted by atomic mass is 9.87. The fraction of sp³-hybridized carbons (Fsp3) is 0. The van der Waals surface area contributed by atoms with Crippen LogP contribution in [0.5, 0.6) is 11.5 Å². The standard InChI is InChI=1S/C22H14O9/c23-16-6-4-10(8-14(16)21(28)29)18(11-5-7-17(24)15(9-11)22(30)31)12-2-1-3-13(19(12)25)20(26)27/h1-9,23,25H,(H,26,27)(H,28,29)(H,30,31)/b18-11-. The quantitative estimate of drug-likeness (QED) is 0.454. The summed E-state index contributed by atoms with van der Waals surface area (Å²) in [6, 6.07) is 7.35. The summed E-state index contributed by atoms with van der Waals surface area (Å²) in [7, 11) is 0. The first-order valence-electron chi connectivity index (χ1n) is 8.65. The molecule has 0 bridgehead atoms. The maximum absolute atomic E-state index is 11.9. The number of rotatable bonds is 5. The van der Waals surface area contributed by atoms with Crippen LogP contribution in [0.25, 0.3) is 5.57 Å². The Morgan fingerprint density at radius 2 is 1.39 bits per heavy atom. The minimum absolute atomic E-state index is 0.0445. The summed E-state index contributed by atoms with van der Waals surface area (Å²) >= 11 is 0. The topological polar surface area (TPSA) is 169 Å². The maximum atomic E-state index is 11.9. The van der Waals surface area contributed by atoms with Crippen molar-refractivity contribution in [2.75, 3.05) is 0 Å². The molecular formula is C22H14O9. The summed E-state index contributed by atoms with van der Waals surface area (Å²) in [5, 5.41) is 48.3. The van der Waals surface area contributed by atoms with Gasteiger partial charge in [0, 0.05) is 5.56 Å². The van der Waals surface area contributed by atoms with Crippen molar-refractivity contribution in [2.24, 2.45) is 0 Å². The van der Waals surface area contributed by atoms with E-state index >= 15 is 0 Å². The van der Waals surface area contributed by atoms with Crippen LogP contribution in [0.2, 0.25) is 0 Å². The lowest BCUT2D eigenvalue weighted by molar-refractivity contribution is -0.134. The van der Waals surface area contributed by atoms with E-state index in [4.69, 9.17) is 0 Å². The van der Waals surface area contributed by atoms with Crippen molar-refractivity contribution in [3.8, 4) is 11.5 Å². The van der Waals surface area contributed by atoms with Gasteiger partial charge < -0.3 is 25.5 Å². The largest absolute Gasteiger partial charge is 0.507 e. The van der Waals surface area contributed by atoms with Crippen molar-refractivity contribution in [3.05, 3.63) is 88.0 Å². The van der Waals surface area contributed by atoms with E-state index in [1.807, 2.05) is 0 Å². The summed E-state index contributed by atoms with van der Waals surface area (Å²) in [5.74, 6) is -6.29. The van der Waals surface area contributed by atoms with Gasteiger partial charge in [-0.3, -0.25) is 4.79 Å². The Hall–Kier alpha value is -4.66. The molecule has 2 aromatic carbocycles. The number of ketones is 1. The minimum Gasteiger partial charge on any atom is -0.507 e. The third-order valence-corrected chi connectivity index (χ3v) is 4.55. The number of carboxylic acid groups (broad SMARTS) is 3. The average molecular weight is 422 g/mol. The molecule has 0 radical (unpaired) electrons. The number of hydrogen-bond acceptors (Lipinski definition) is 6. The predicted molar refractivity (Wildman–Crippen MR) is 106 cm³/mol. The van der Waals surface area contributed by atoms with Crippen LogP contribution in [0.1, 0.15) is 31.8 Å². The molecule has 1 aliphatic rings. The number of carboxylic acids is 3. The number of allylic oxidation sites excluding steroid dienone is 4. The van der Waals surface area contributed by atoms with Gasteiger partial charge in [-0.25, -0.2) is 14.4 Å². The summed E-state index contributed by atoms with van der Waals surface area (Å²) in [4.78, 5) is 46.2. The molecule has 0 atom stereocenters. The van der Waals surface area contributed by atoms with E-state index in [0.717, 1.165) is 30.4 Å². The predicted octanol–water partition coefficient (Wildman–Crippen LogP) is 2.45. The molecule has 0 saturated carbocycles. The Morgan fingerprint density at radius 3 is 2.00 bits per heavy atom.